The average Bonchev–Trinajstić information content (AvgIpc) is 2.95. The first-order chi connectivity index (χ1) is 10.5. The normalized spacial score (nSPS) is 11.8. The van der Waals surface area contributed by atoms with E-state index in [0.717, 1.165) is 5.56 Å². The molecule has 0 fully saturated rings. The van der Waals surface area contributed by atoms with Crippen LogP contribution in [-0.4, -0.2) is 34.7 Å². The third-order valence-corrected chi connectivity index (χ3v) is 3.19. The third kappa shape index (κ3) is 4.08. The van der Waals surface area contributed by atoms with Crippen LogP contribution in [0.2, 0.25) is 5.02 Å². The molecule has 6 nitrogen and oxygen atoms in total. The van der Waals surface area contributed by atoms with Gasteiger partial charge in [-0.15, -0.1) is 0 Å². The smallest absolute Gasteiger partial charge is 0.342 e. The Balaban J connectivity index is 2.10. The van der Waals surface area contributed by atoms with Crippen molar-refractivity contribution in [3.05, 3.63) is 41.0 Å². The van der Waals surface area contributed by atoms with Crippen LogP contribution in [0.1, 0.15) is 24.2 Å². The van der Waals surface area contributed by atoms with Gasteiger partial charge in [0, 0.05) is 17.5 Å². The van der Waals surface area contributed by atoms with E-state index in [-0.39, 0.29) is 12.5 Å². The van der Waals surface area contributed by atoms with E-state index in [1.54, 1.807) is 31.2 Å². The Morgan fingerprint density at radius 3 is 2.68 bits per heavy atom. The molecule has 7 heteroatoms. The number of hydrogen-bond donors (Lipinski definition) is 2. The maximum absolute atomic E-state index is 12.2. The first kappa shape index (κ1) is 16.0. The number of H-pyrrole nitrogens is 1. The molecule has 0 saturated heterocycles. The van der Waals surface area contributed by atoms with Crippen LogP contribution in [0.5, 0.6) is 0 Å². The van der Waals surface area contributed by atoms with Gasteiger partial charge in [0.15, 0.2) is 0 Å². The van der Waals surface area contributed by atoms with Crippen molar-refractivity contribution in [3.8, 4) is 11.3 Å². The van der Waals surface area contributed by atoms with Gasteiger partial charge in [-0.3, -0.25) is 9.89 Å². The number of rotatable bonds is 5. The van der Waals surface area contributed by atoms with Crippen LogP contribution in [0.15, 0.2) is 30.5 Å². The summed E-state index contributed by atoms with van der Waals surface area (Å²) in [5, 5.41) is 9.88. The van der Waals surface area contributed by atoms with Crippen molar-refractivity contribution in [3.63, 3.8) is 0 Å². The van der Waals surface area contributed by atoms with E-state index in [0.29, 0.717) is 16.3 Å². The number of benzene rings is 1. The van der Waals surface area contributed by atoms with Gasteiger partial charge in [-0.05, 0) is 19.1 Å². The van der Waals surface area contributed by atoms with Gasteiger partial charge >= 0.3 is 5.97 Å². The van der Waals surface area contributed by atoms with Crippen molar-refractivity contribution in [2.45, 2.75) is 20.0 Å². The largest absolute Gasteiger partial charge is 0.457 e. The molecule has 0 bridgehead atoms. The SMILES string of the molecule is CC(=O)NC[C@@H](C)OC(=O)c1cn[nH]c1-c1ccc(Cl)cc1. The van der Waals surface area contributed by atoms with Gasteiger partial charge < -0.3 is 10.1 Å². The second-order valence-electron chi connectivity index (χ2n) is 4.82. The van der Waals surface area contributed by atoms with Crippen LogP contribution in [-0.2, 0) is 9.53 Å². The number of nitrogens with one attached hydrogen (secondary N) is 2. The predicted octanol–water partition coefficient (Wildman–Crippen LogP) is 2.41. The van der Waals surface area contributed by atoms with E-state index in [4.69, 9.17) is 16.3 Å². The summed E-state index contributed by atoms with van der Waals surface area (Å²) < 4.78 is 5.29. The monoisotopic (exact) mass is 321 g/mol. The van der Waals surface area contributed by atoms with Gasteiger partial charge in [-0.2, -0.15) is 5.10 Å². The van der Waals surface area contributed by atoms with Crippen molar-refractivity contribution < 1.29 is 14.3 Å². The lowest BCUT2D eigenvalue weighted by atomic mass is 10.1. The van der Waals surface area contributed by atoms with E-state index in [9.17, 15) is 9.59 Å². The summed E-state index contributed by atoms with van der Waals surface area (Å²) in [6, 6.07) is 7.03. The molecular formula is C15H16ClN3O3. The minimum atomic E-state index is -0.503. The fourth-order valence-electron chi connectivity index (χ4n) is 1.85. The molecule has 2 rings (SSSR count). The molecule has 116 valence electrons. The molecule has 1 amide bonds. The van der Waals surface area contributed by atoms with Gasteiger partial charge in [0.1, 0.15) is 11.7 Å². The lowest BCUT2D eigenvalue weighted by Crippen LogP contribution is -2.31. The number of aromatic nitrogens is 2. The molecule has 2 aromatic rings. The molecule has 0 aliphatic heterocycles. The zero-order valence-corrected chi connectivity index (χ0v) is 13.0. The molecule has 1 atom stereocenters. The summed E-state index contributed by atoms with van der Waals surface area (Å²) in [5.74, 6) is -0.676. The summed E-state index contributed by atoms with van der Waals surface area (Å²) >= 11 is 5.85. The Hall–Kier alpha value is -2.34. The zero-order chi connectivity index (χ0) is 16.1. The highest BCUT2D eigenvalue weighted by Crippen LogP contribution is 2.23. The number of carbonyl (C=O) groups is 2. The molecule has 1 heterocycles. The lowest BCUT2D eigenvalue weighted by Gasteiger charge is -2.13. The van der Waals surface area contributed by atoms with E-state index in [2.05, 4.69) is 15.5 Å². The number of amides is 1. The van der Waals surface area contributed by atoms with Gasteiger partial charge in [0.05, 0.1) is 18.4 Å². The second kappa shape index (κ2) is 7.09. The summed E-state index contributed by atoms with van der Waals surface area (Å²) in [4.78, 5) is 23.1. The highest BCUT2D eigenvalue weighted by atomic mass is 35.5. The average molecular weight is 322 g/mol. The number of esters is 1. The Kier molecular flexibility index (Phi) is 5.16. The summed E-state index contributed by atoms with van der Waals surface area (Å²) in [6.07, 6.45) is 0.974. The lowest BCUT2D eigenvalue weighted by molar-refractivity contribution is -0.119. The van der Waals surface area contributed by atoms with Crippen LogP contribution in [0.4, 0.5) is 0 Å². The molecule has 0 unspecified atom stereocenters. The molecule has 0 aliphatic carbocycles. The molecule has 0 aliphatic rings. The Morgan fingerprint density at radius 2 is 2.05 bits per heavy atom. The van der Waals surface area contributed by atoms with Crippen molar-refractivity contribution in [1.29, 1.82) is 0 Å². The molecule has 2 N–H and O–H groups in total. The van der Waals surface area contributed by atoms with E-state index < -0.39 is 12.1 Å². The number of ether oxygens (including phenoxy) is 1. The van der Waals surface area contributed by atoms with E-state index in [1.807, 2.05) is 0 Å². The van der Waals surface area contributed by atoms with Gasteiger partial charge in [0.2, 0.25) is 5.91 Å². The number of hydrogen-bond acceptors (Lipinski definition) is 4. The molecule has 1 aromatic heterocycles. The molecule has 0 saturated carbocycles. The van der Waals surface area contributed by atoms with Crippen molar-refractivity contribution >= 4 is 23.5 Å². The third-order valence-electron chi connectivity index (χ3n) is 2.94. The molecule has 0 spiro atoms. The minimum absolute atomic E-state index is 0.173. The maximum Gasteiger partial charge on any atom is 0.342 e. The topological polar surface area (TPSA) is 84.1 Å². The highest BCUT2D eigenvalue weighted by molar-refractivity contribution is 6.30. The molecule has 22 heavy (non-hydrogen) atoms. The summed E-state index contributed by atoms with van der Waals surface area (Å²) in [5.41, 5.74) is 1.67. The number of halogens is 1. The van der Waals surface area contributed by atoms with Crippen LogP contribution in [0.25, 0.3) is 11.3 Å². The quantitative estimate of drug-likeness (QED) is 0.828. The first-order valence-corrected chi connectivity index (χ1v) is 7.10. The van der Waals surface area contributed by atoms with Crippen LogP contribution >= 0.6 is 11.6 Å². The summed E-state index contributed by atoms with van der Waals surface area (Å²) in [6.45, 7) is 3.37. The Labute approximate surface area is 132 Å². The summed E-state index contributed by atoms with van der Waals surface area (Å²) in [7, 11) is 0. The van der Waals surface area contributed by atoms with Crippen LogP contribution < -0.4 is 5.32 Å². The Morgan fingerprint density at radius 1 is 1.36 bits per heavy atom. The molecule has 0 radical (unpaired) electrons. The van der Waals surface area contributed by atoms with Crippen LogP contribution in [0, 0.1) is 0 Å². The second-order valence-corrected chi connectivity index (χ2v) is 5.26. The zero-order valence-electron chi connectivity index (χ0n) is 12.2. The number of carbonyl (C=O) groups excluding carboxylic acids is 2. The maximum atomic E-state index is 12.2. The number of aromatic amines is 1. The fourth-order valence-corrected chi connectivity index (χ4v) is 1.98. The molecular weight excluding hydrogens is 306 g/mol. The minimum Gasteiger partial charge on any atom is -0.457 e. The van der Waals surface area contributed by atoms with Gasteiger partial charge in [0.25, 0.3) is 0 Å². The van der Waals surface area contributed by atoms with Gasteiger partial charge in [-0.25, -0.2) is 4.79 Å². The van der Waals surface area contributed by atoms with Crippen molar-refractivity contribution in [2.75, 3.05) is 6.54 Å². The highest BCUT2D eigenvalue weighted by Gasteiger charge is 2.19. The first-order valence-electron chi connectivity index (χ1n) is 6.72. The van der Waals surface area contributed by atoms with Crippen LogP contribution in [0.3, 0.4) is 0 Å². The van der Waals surface area contributed by atoms with E-state index in [1.165, 1.54) is 13.1 Å². The van der Waals surface area contributed by atoms with Crippen molar-refractivity contribution in [1.82, 2.24) is 15.5 Å². The van der Waals surface area contributed by atoms with Crippen molar-refractivity contribution in [2.24, 2.45) is 0 Å². The Bertz CT molecular complexity index is 667. The van der Waals surface area contributed by atoms with Gasteiger partial charge in [-0.1, -0.05) is 23.7 Å². The van der Waals surface area contributed by atoms with E-state index >= 15 is 0 Å². The standard InChI is InChI=1S/C15H16ClN3O3/c1-9(7-17-10(2)20)22-15(21)13-8-18-19-14(13)11-3-5-12(16)6-4-11/h3-6,8-9H,7H2,1-2H3,(H,17,20)(H,18,19)/t9-/m1/s1. The fraction of sp³-hybridized carbons (Fsp3) is 0.267. The number of nitrogens with zero attached hydrogens (tertiary/aromatic N) is 1. The molecule has 1 aromatic carbocycles. The predicted molar refractivity (Wildman–Crippen MR) is 82.6 cm³/mol.